The molecule has 1 aromatic carbocycles. The maximum absolute atomic E-state index is 13.5. The van der Waals surface area contributed by atoms with Gasteiger partial charge < -0.3 is 5.11 Å². The van der Waals surface area contributed by atoms with E-state index in [9.17, 15) is 19.1 Å². The standard InChI is InChI=1S/C22H25FN2O3/c23-18-3-1-2-17(13-18)22(28)8-10-25(11-9-22)14-20(26)16-4-6-19-15(12-16)5-7-21(27)24-19/h1-3,12-13,15,28H,4-11,14H2. The van der Waals surface area contributed by atoms with Crippen LogP contribution in [0.2, 0.25) is 0 Å². The van der Waals surface area contributed by atoms with Crippen molar-refractivity contribution in [2.75, 3.05) is 19.6 Å². The van der Waals surface area contributed by atoms with Crippen molar-refractivity contribution in [1.29, 1.82) is 0 Å². The van der Waals surface area contributed by atoms with Gasteiger partial charge in [-0.25, -0.2) is 9.38 Å². The Morgan fingerprint density at radius 1 is 1.25 bits per heavy atom. The third kappa shape index (κ3) is 3.98. The lowest BCUT2D eigenvalue weighted by Gasteiger charge is -2.38. The minimum atomic E-state index is -1.04. The van der Waals surface area contributed by atoms with E-state index < -0.39 is 5.60 Å². The number of amides is 1. The molecule has 4 rings (SSSR count). The van der Waals surface area contributed by atoms with Crippen molar-refractivity contribution in [3.05, 3.63) is 47.3 Å². The number of aliphatic hydroxyl groups is 1. The van der Waals surface area contributed by atoms with Gasteiger partial charge in [-0.15, -0.1) is 0 Å². The maximum atomic E-state index is 13.5. The van der Waals surface area contributed by atoms with Gasteiger partial charge in [0.05, 0.1) is 12.1 Å². The van der Waals surface area contributed by atoms with Crippen LogP contribution in [0.3, 0.4) is 0 Å². The summed E-state index contributed by atoms with van der Waals surface area (Å²) in [5.74, 6) is -0.148. The van der Waals surface area contributed by atoms with Gasteiger partial charge in [0.15, 0.2) is 5.78 Å². The van der Waals surface area contributed by atoms with Crippen LogP contribution in [0, 0.1) is 11.7 Å². The number of aliphatic imine (C=N–C) groups is 1. The van der Waals surface area contributed by atoms with Crippen LogP contribution in [0.4, 0.5) is 4.39 Å². The SMILES string of the molecule is O=C1CCC2C=C(C(=O)CN3CCC(O)(c4cccc(F)c4)CC3)CCC2=N1. The Balaban J connectivity index is 1.36. The maximum Gasteiger partial charge on any atom is 0.245 e. The Morgan fingerprint density at radius 3 is 2.79 bits per heavy atom. The molecule has 1 aromatic rings. The summed E-state index contributed by atoms with van der Waals surface area (Å²) in [6, 6.07) is 6.13. The van der Waals surface area contributed by atoms with Crippen molar-refractivity contribution in [3.8, 4) is 0 Å². The molecule has 28 heavy (non-hydrogen) atoms. The quantitative estimate of drug-likeness (QED) is 0.867. The van der Waals surface area contributed by atoms with E-state index in [1.807, 2.05) is 6.08 Å². The summed E-state index contributed by atoms with van der Waals surface area (Å²) in [6.45, 7) is 1.52. The van der Waals surface area contributed by atoms with Gasteiger partial charge in [0.2, 0.25) is 5.91 Å². The van der Waals surface area contributed by atoms with E-state index in [-0.39, 0.29) is 23.4 Å². The van der Waals surface area contributed by atoms with Crippen molar-refractivity contribution in [2.24, 2.45) is 10.9 Å². The van der Waals surface area contributed by atoms with Crippen molar-refractivity contribution in [3.63, 3.8) is 0 Å². The van der Waals surface area contributed by atoms with Gasteiger partial charge in [-0.2, -0.15) is 0 Å². The van der Waals surface area contributed by atoms with Gasteiger partial charge in [-0.1, -0.05) is 18.2 Å². The molecule has 0 bridgehead atoms. The molecule has 1 saturated heterocycles. The number of carbonyl (C=O) groups is 2. The zero-order valence-corrected chi connectivity index (χ0v) is 15.9. The van der Waals surface area contributed by atoms with Gasteiger partial charge in [-0.05, 0) is 55.4 Å². The van der Waals surface area contributed by atoms with E-state index in [0.29, 0.717) is 57.3 Å². The van der Waals surface area contributed by atoms with E-state index in [2.05, 4.69) is 9.89 Å². The fraction of sp³-hybridized carbons (Fsp3) is 0.500. The number of carbonyl (C=O) groups excluding carboxylic acids is 2. The molecule has 1 amide bonds. The first-order valence-electron chi connectivity index (χ1n) is 9.98. The number of piperidine rings is 1. The van der Waals surface area contributed by atoms with Crippen LogP contribution in [-0.2, 0) is 15.2 Å². The predicted octanol–water partition coefficient (Wildman–Crippen LogP) is 2.78. The number of likely N-dealkylation sites (tertiary alicyclic amines) is 1. The van der Waals surface area contributed by atoms with Gasteiger partial charge in [0.25, 0.3) is 0 Å². The average Bonchev–Trinajstić information content (AvgIpc) is 2.69. The fourth-order valence-corrected chi connectivity index (χ4v) is 4.44. The van der Waals surface area contributed by atoms with E-state index in [0.717, 1.165) is 17.7 Å². The smallest absolute Gasteiger partial charge is 0.245 e. The van der Waals surface area contributed by atoms with Crippen LogP contribution in [0.5, 0.6) is 0 Å². The fourth-order valence-electron chi connectivity index (χ4n) is 4.44. The highest BCUT2D eigenvalue weighted by atomic mass is 19.1. The lowest BCUT2D eigenvalue weighted by atomic mass is 9.82. The molecule has 5 nitrogen and oxygen atoms in total. The number of nitrogens with zero attached hydrogens (tertiary/aromatic N) is 2. The number of allylic oxidation sites excluding steroid dienone is 1. The lowest BCUT2D eigenvalue weighted by Crippen LogP contribution is -2.44. The molecule has 3 aliphatic rings. The number of Topliss-reactive ketones (excluding diaryl/α,β-unsaturated/α-hetero) is 1. The molecule has 1 unspecified atom stereocenters. The minimum Gasteiger partial charge on any atom is -0.385 e. The Morgan fingerprint density at radius 2 is 2.04 bits per heavy atom. The molecule has 1 atom stereocenters. The molecule has 0 radical (unpaired) electrons. The number of fused-ring (bicyclic) bond motifs is 1. The van der Waals surface area contributed by atoms with Gasteiger partial charge in [0, 0.05) is 31.1 Å². The van der Waals surface area contributed by atoms with Crippen molar-refractivity contribution < 1.29 is 19.1 Å². The first kappa shape index (κ1) is 19.2. The zero-order valence-electron chi connectivity index (χ0n) is 15.9. The third-order valence-electron chi connectivity index (χ3n) is 6.19. The average molecular weight is 384 g/mol. The Hall–Kier alpha value is -2.18. The molecule has 0 saturated carbocycles. The van der Waals surface area contributed by atoms with Crippen LogP contribution in [0.15, 0.2) is 40.9 Å². The summed E-state index contributed by atoms with van der Waals surface area (Å²) in [6.07, 6.45) is 5.49. The van der Waals surface area contributed by atoms with Crippen LogP contribution in [0.25, 0.3) is 0 Å². The minimum absolute atomic E-state index is 0.0477. The van der Waals surface area contributed by atoms with E-state index in [1.165, 1.54) is 12.1 Å². The molecule has 6 heteroatoms. The summed E-state index contributed by atoms with van der Waals surface area (Å²) < 4.78 is 13.5. The number of ketones is 1. The van der Waals surface area contributed by atoms with Crippen molar-refractivity contribution in [2.45, 2.75) is 44.1 Å². The molecular weight excluding hydrogens is 359 g/mol. The molecule has 0 spiro atoms. The first-order valence-corrected chi connectivity index (χ1v) is 9.98. The Kier molecular flexibility index (Phi) is 5.25. The molecule has 0 aromatic heterocycles. The highest BCUT2D eigenvalue weighted by Crippen LogP contribution is 2.33. The summed E-state index contributed by atoms with van der Waals surface area (Å²) in [5, 5.41) is 10.9. The Labute approximate surface area is 164 Å². The summed E-state index contributed by atoms with van der Waals surface area (Å²) in [4.78, 5) is 30.4. The van der Waals surface area contributed by atoms with Crippen LogP contribution in [0.1, 0.15) is 44.1 Å². The van der Waals surface area contributed by atoms with Gasteiger partial charge >= 0.3 is 0 Å². The van der Waals surface area contributed by atoms with Gasteiger partial charge in [0.1, 0.15) is 5.82 Å². The van der Waals surface area contributed by atoms with E-state index in [1.54, 1.807) is 12.1 Å². The van der Waals surface area contributed by atoms with Crippen molar-refractivity contribution >= 4 is 17.4 Å². The number of hydrogen-bond acceptors (Lipinski definition) is 4. The molecule has 1 aliphatic carbocycles. The molecular formula is C22H25FN2O3. The molecule has 2 heterocycles. The van der Waals surface area contributed by atoms with Crippen LogP contribution < -0.4 is 0 Å². The number of rotatable bonds is 4. The number of halogens is 1. The summed E-state index contributed by atoms with van der Waals surface area (Å²) in [5.41, 5.74) is 1.33. The van der Waals surface area contributed by atoms with Gasteiger partial charge in [-0.3, -0.25) is 14.5 Å². The molecule has 2 aliphatic heterocycles. The number of benzene rings is 1. The highest BCUT2D eigenvalue weighted by molar-refractivity contribution is 6.05. The second-order valence-electron chi connectivity index (χ2n) is 8.08. The second-order valence-corrected chi connectivity index (χ2v) is 8.08. The molecule has 1 N–H and O–H groups in total. The topological polar surface area (TPSA) is 70.0 Å². The normalized spacial score (nSPS) is 24.9. The Bertz CT molecular complexity index is 853. The predicted molar refractivity (Wildman–Crippen MR) is 103 cm³/mol. The summed E-state index contributed by atoms with van der Waals surface area (Å²) in [7, 11) is 0. The zero-order chi connectivity index (χ0) is 19.7. The van der Waals surface area contributed by atoms with Crippen LogP contribution >= 0.6 is 0 Å². The number of hydrogen-bond donors (Lipinski definition) is 1. The monoisotopic (exact) mass is 384 g/mol. The highest BCUT2D eigenvalue weighted by Gasteiger charge is 2.35. The van der Waals surface area contributed by atoms with Crippen molar-refractivity contribution in [1.82, 2.24) is 4.90 Å². The molecule has 148 valence electrons. The molecule has 1 fully saturated rings. The van der Waals surface area contributed by atoms with Crippen LogP contribution in [-0.4, -0.2) is 47.0 Å². The second kappa shape index (κ2) is 7.68. The lowest BCUT2D eigenvalue weighted by molar-refractivity contribution is -0.118. The largest absolute Gasteiger partial charge is 0.385 e. The van der Waals surface area contributed by atoms with E-state index in [4.69, 9.17) is 0 Å². The summed E-state index contributed by atoms with van der Waals surface area (Å²) >= 11 is 0. The third-order valence-corrected chi connectivity index (χ3v) is 6.19. The first-order chi connectivity index (χ1) is 13.4. The van der Waals surface area contributed by atoms with E-state index >= 15 is 0 Å².